The van der Waals surface area contributed by atoms with Crippen LogP contribution in [0.2, 0.25) is 0 Å². The quantitative estimate of drug-likeness (QED) is 0.682. The molecular weight excluding hydrogens is 316 g/mol. The lowest BCUT2D eigenvalue weighted by atomic mass is 9.88. The number of nitrogens with one attached hydrogen (secondary N) is 1. The topological polar surface area (TPSA) is 80.2 Å². The van der Waals surface area contributed by atoms with Crippen molar-refractivity contribution in [2.45, 2.75) is 31.4 Å². The van der Waals surface area contributed by atoms with Crippen molar-refractivity contribution in [1.29, 1.82) is 0 Å². The van der Waals surface area contributed by atoms with Crippen molar-refractivity contribution < 1.29 is 9.84 Å². The summed E-state index contributed by atoms with van der Waals surface area (Å²) in [6.07, 6.45) is 5.83. The summed E-state index contributed by atoms with van der Waals surface area (Å²) in [6, 6.07) is 7.22. The maximum absolute atomic E-state index is 10.8. The highest BCUT2D eigenvalue weighted by molar-refractivity contribution is 5.60. The standard InChI is InChI=1S/C19H24N4O2/c1-5-11-19(24,12-6-2)14(3)21-18-22-17(13-20-23-18)15-7-9-16(25-4)10-8-15/h5-10,13-14,24H,1-2,11-12H2,3-4H3,(H,21,22,23)/t14-/m0/s1. The highest BCUT2D eigenvalue weighted by Crippen LogP contribution is 2.24. The summed E-state index contributed by atoms with van der Waals surface area (Å²) >= 11 is 0. The Bertz CT molecular complexity index is 706. The van der Waals surface area contributed by atoms with E-state index < -0.39 is 5.60 Å². The first-order chi connectivity index (χ1) is 12.0. The van der Waals surface area contributed by atoms with Crippen LogP contribution < -0.4 is 10.1 Å². The molecule has 0 radical (unpaired) electrons. The number of aliphatic hydroxyl groups is 1. The van der Waals surface area contributed by atoms with E-state index in [4.69, 9.17) is 4.74 Å². The molecule has 0 aliphatic heterocycles. The third kappa shape index (κ3) is 4.64. The molecule has 0 spiro atoms. The fraction of sp³-hybridized carbons (Fsp3) is 0.316. The van der Waals surface area contributed by atoms with Crippen LogP contribution >= 0.6 is 0 Å². The number of hydrogen-bond donors (Lipinski definition) is 2. The minimum atomic E-state index is -1.01. The second-order valence-electron chi connectivity index (χ2n) is 5.85. The zero-order valence-corrected chi connectivity index (χ0v) is 14.6. The number of methoxy groups -OCH3 is 1. The van der Waals surface area contributed by atoms with Crippen molar-refractivity contribution >= 4 is 5.95 Å². The number of hydrogen-bond acceptors (Lipinski definition) is 6. The van der Waals surface area contributed by atoms with Crippen molar-refractivity contribution in [3.63, 3.8) is 0 Å². The summed E-state index contributed by atoms with van der Waals surface area (Å²) in [5.74, 6) is 1.13. The fourth-order valence-electron chi connectivity index (χ4n) is 2.53. The van der Waals surface area contributed by atoms with Crippen molar-refractivity contribution in [1.82, 2.24) is 15.2 Å². The van der Waals surface area contributed by atoms with Crippen LogP contribution in [0.4, 0.5) is 5.95 Å². The number of ether oxygens (including phenoxy) is 1. The molecule has 0 amide bonds. The van der Waals surface area contributed by atoms with Gasteiger partial charge in [0.15, 0.2) is 0 Å². The SMILES string of the molecule is C=CCC(O)(CC=C)[C@H](C)Nc1nncc(-c2ccc(OC)cc2)n1. The van der Waals surface area contributed by atoms with Gasteiger partial charge in [-0.2, -0.15) is 5.10 Å². The van der Waals surface area contributed by atoms with Gasteiger partial charge in [0.05, 0.1) is 30.6 Å². The average molecular weight is 340 g/mol. The van der Waals surface area contributed by atoms with E-state index in [0.717, 1.165) is 11.3 Å². The third-order valence-corrected chi connectivity index (χ3v) is 4.09. The molecule has 6 nitrogen and oxygen atoms in total. The van der Waals surface area contributed by atoms with Gasteiger partial charge in [-0.1, -0.05) is 12.2 Å². The first kappa shape index (κ1) is 18.6. The van der Waals surface area contributed by atoms with E-state index in [9.17, 15) is 5.11 Å². The van der Waals surface area contributed by atoms with E-state index in [-0.39, 0.29) is 6.04 Å². The van der Waals surface area contributed by atoms with E-state index in [1.165, 1.54) is 0 Å². The molecule has 132 valence electrons. The van der Waals surface area contributed by atoms with Gasteiger partial charge < -0.3 is 15.2 Å². The summed E-state index contributed by atoms with van der Waals surface area (Å²) in [4.78, 5) is 4.48. The van der Waals surface area contributed by atoms with Gasteiger partial charge in [0.2, 0.25) is 5.95 Å². The predicted octanol–water partition coefficient (Wildman–Crippen LogP) is 3.23. The summed E-state index contributed by atoms with van der Waals surface area (Å²) in [5.41, 5.74) is 0.574. The zero-order chi connectivity index (χ0) is 18.3. The van der Waals surface area contributed by atoms with Crippen molar-refractivity contribution in [3.8, 4) is 17.0 Å². The smallest absolute Gasteiger partial charge is 0.243 e. The van der Waals surface area contributed by atoms with Gasteiger partial charge in [0.1, 0.15) is 5.75 Å². The maximum atomic E-state index is 10.8. The Kier molecular flexibility index (Phi) is 6.25. The van der Waals surface area contributed by atoms with Crippen LogP contribution in [0.15, 0.2) is 55.8 Å². The van der Waals surface area contributed by atoms with Crippen LogP contribution in [0.5, 0.6) is 5.75 Å². The van der Waals surface area contributed by atoms with Gasteiger partial charge in [-0.15, -0.1) is 18.3 Å². The van der Waals surface area contributed by atoms with Crippen molar-refractivity contribution in [2.24, 2.45) is 0 Å². The Morgan fingerprint density at radius 2 is 1.88 bits per heavy atom. The molecule has 2 aromatic rings. The van der Waals surface area contributed by atoms with Crippen LogP contribution in [-0.2, 0) is 0 Å². The van der Waals surface area contributed by atoms with Crippen LogP contribution in [0.3, 0.4) is 0 Å². The predicted molar refractivity (Wildman–Crippen MR) is 99.5 cm³/mol. The molecule has 25 heavy (non-hydrogen) atoms. The monoisotopic (exact) mass is 340 g/mol. The molecule has 1 heterocycles. The molecule has 0 bridgehead atoms. The second-order valence-corrected chi connectivity index (χ2v) is 5.85. The number of anilines is 1. The van der Waals surface area contributed by atoms with Crippen LogP contribution in [0.25, 0.3) is 11.3 Å². The third-order valence-electron chi connectivity index (χ3n) is 4.09. The maximum Gasteiger partial charge on any atom is 0.243 e. The molecule has 0 unspecified atom stereocenters. The summed E-state index contributed by atoms with van der Waals surface area (Å²) < 4.78 is 5.16. The highest BCUT2D eigenvalue weighted by atomic mass is 16.5. The summed E-state index contributed by atoms with van der Waals surface area (Å²) in [7, 11) is 1.62. The van der Waals surface area contributed by atoms with E-state index >= 15 is 0 Å². The van der Waals surface area contributed by atoms with Gasteiger partial charge in [-0.25, -0.2) is 4.98 Å². The number of nitrogens with zero attached hydrogens (tertiary/aromatic N) is 3. The molecule has 1 aromatic carbocycles. The van der Waals surface area contributed by atoms with Gasteiger partial charge >= 0.3 is 0 Å². The van der Waals surface area contributed by atoms with Gasteiger partial charge in [0, 0.05) is 5.56 Å². The number of aromatic nitrogens is 3. The molecule has 1 aromatic heterocycles. The molecule has 1 atom stereocenters. The molecule has 6 heteroatoms. The molecule has 2 N–H and O–H groups in total. The molecule has 0 fully saturated rings. The summed E-state index contributed by atoms with van der Waals surface area (Å²) in [6.45, 7) is 9.29. The molecule has 2 rings (SSSR count). The average Bonchev–Trinajstić information content (AvgIpc) is 2.62. The Morgan fingerprint density at radius 1 is 1.24 bits per heavy atom. The Labute approximate surface area is 148 Å². The van der Waals surface area contributed by atoms with Crippen molar-refractivity contribution in [3.05, 3.63) is 55.8 Å². The van der Waals surface area contributed by atoms with Gasteiger partial charge in [-0.05, 0) is 44.0 Å². The van der Waals surface area contributed by atoms with E-state index in [1.807, 2.05) is 31.2 Å². The minimum absolute atomic E-state index is 0.309. The molecule has 0 aliphatic carbocycles. The number of benzene rings is 1. The Morgan fingerprint density at radius 3 is 2.44 bits per heavy atom. The zero-order valence-electron chi connectivity index (χ0n) is 14.6. The van der Waals surface area contributed by atoms with Crippen LogP contribution in [-0.4, -0.2) is 39.0 Å². The molecule has 0 aliphatic rings. The largest absolute Gasteiger partial charge is 0.497 e. The number of rotatable bonds is 9. The van der Waals surface area contributed by atoms with Gasteiger partial charge in [0.25, 0.3) is 0 Å². The Balaban J connectivity index is 2.19. The highest BCUT2D eigenvalue weighted by Gasteiger charge is 2.31. The van der Waals surface area contributed by atoms with Crippen LogP contribution in [0.1, 0.15) is 19.8 Å². The minimum Gasteiger partial charge on any atom is -0.497 e. The van der Waals surface area contributed by atoms with Crippen LogP contribution in [0, 0.1) is 0 Å². The van der Waals surface area contributed by atoms with Gasteiger partial charge in [-0.3, -0.25) is 0 Å². The second kappa shape index (κ2) is 8.39. The normalized spacial score (nSPS) is 12.3. The lowest BCUT2D eigenvalue weighted by Gasteiger charge is -2.33. The lowest BCUT2D eigenvalue weighted by molar-refractivity contribution is 0.0314. The summed E-state index contributed by atoms with van der Waals surface area (Å²) in [5, 5.41) is 21.9. The Hall–Kier alpha value is -2.73. The van der Waals surface area contributed by atoms with E-state index in [0.29, 0.717) is 24.5 Å². The molecule has 0 saturated heterocycles. The lowest BCUT2D eigenvalue weighted by Crippen LogP contribution is -2.44. The van der Waals surface area contributed by atoms with E-state index in [1.54, 1.807) is 25.5 Å². The molecular formula is C19H24N4O2. The fourth-order valence-corrected chi connectivity index (χ4v) is 2.53. The van der Waals surface area contributed by atoms with Crippen molar-refractivity contribution in [2.75, 3.05) is 12.4 Å². The first-order valence-corrected chi connectivity index (χ1v) is 8.07. The van der Waals surface area contributed by atoms with E-state index in [2.05, 4.69) is 33.7 Å². The first-order valence-electron chi connectivity index (χ1n) is 8.07. The molecule has 0 saturated carbocycles.